The van der Waals surface area contributed by atoms with Crippen molar-refractivity contribution in [3.63, 3.8) is 0 Å². The molecule has 0 saturated carbocycles. The van der Waals surface area contributed by atoms with E-state index in [9.17, 15) is 31.5 Å². The van der Waals surface area contributed by atoms with Gasteiger partial charge in [-0.05, 0) is 128 Å². The molecular weight excluding hydrogens is 1080 g/mol. The third-order valence-electron chi connectivity index (χ3n) is 13.5. The first-order valence-corrected chi connectivity index (χ1v) is 29.9. The molecule has 0 unspecified atom stereocenters. The number of amides is 2. The highest BCUT2D eigenvalue weighted by Gasteiger charge is 2.34. The number of benzene rings is 2. The highest BCUT2D eigenvalue weighted by atomic mass is 35.5. The number of likely N-dealkylation sites (tertiary alicyclic amines) is 2. The minimum atomic E-state index is -3.59. The number of aromatic nitrogens is 6. The maximum absolute atomic E-state index is 13.8. The van der Waals surface area contributed by atoms with Crippen LogP contribution >= 0.6 is 34.8 Å². The Bertz CT molecular complexity index is 3240. The van der Waals surface area contributed by atoms with Gasteiger partial charge in [-0.2, -0.15) is 10.2 Å². The van der Waals surface area contributed by atoms with Gasteiger partial charge in [0.25, 0.3) is 11.8 Å². The first kappa shape index (κ1) is 58.4. The van der Waals surface area contributed by atoms with Gasteiger partial charge in [0.15, 0.2) is 11.3 Å². The highest BCUT2D eigenvalue weighted by molar-refractivity contribution is 7.92. The summed E-state index contributed by atoms with van der Waals surface area (Å²) < 4.78 is 55.6. The van der Waals surface area contributed by atoms with Crippen molar-refractivity contribution in [1.82, 2.24) is 44.3 Å². The number of piperidine rings is 4. The number of rotatable bonds is 9. The van der Waals surface area contributed by atoms with Gasteiger partial charge in [0.1, 0.15) is 11.0 Å². The van der Waals surface area contributed by atoms with Gasteiger partial charge in [-0.3, -0.25) is 19.0 Å². The lowest BCUT2D eigenvalue weighted by molar-refractivity contribution is 0.0600. The smallest absolute Gasteiger partial charge is 0.256 e. The minimum absolute atomic E-state index is 0. The van der Waals surface area contributed by atoms with Crippen molar-refractivity contribution in [2.75, 3.05) is 66.1 Å². The fraction of sp³-hybridized carbons (Fsp3) is 0.490. The molecule has 2 amide bonds. The van der Waals surface area contributed by atoms with E-state index in [0.717, 1.165) is 126 Å². The Morgan fingerprint density at radius 3 is 1.51 bits per heavy atom. The first-order valence-electron chi connectivity index (χ1n) is 25.0. The van der Waals surface area contributed by atoms with Gasteiger partial charge in [0.2, 0.25) is 20.0 Å². The molecule has 4 aliphatic rings. The van der Waals surface area contributed by atoms with E-state index in [0.29, 0.717) is 45.3 Å². The topological polar surface area (TPSA) is 249 Å². The average molecular weight is 1150 g/mol. The van der Waals surface area contributed by atoms with Crippen LogP contribution in [-0.4, -0.2) is 142 Å². The van der Waals surface area contributed by atoms with Crippen LogP contribution in [0.1, 0.15) is 127 Å². The van der Waals surface area contributed by atoms with Crippen LogP contribution in [0.3, 0.4) is 0 Å². The molecule has 4 fully saturated rings. The molecule has 0 radical (unpaired) electrons. The fourth-order valence-corrected chi connectivity index (χ4v) is 11.4. The van der Waals surface area contributed by atoms with Gasteiger partial charge < -0.3 is 30.2 Å². The molecule has 20 nitrogen and oxygen atoms in total. The standard InChI is InChI=1S/C25H31ClN6O4S.C20H21Cl2N5O3S.C5H11NO.CH4/c1-16-15-32-23(27-24(16)30-11-8-18(33)9-12-30)14-21(28-32)22-5-3-4-10-31(22)25(34)19-13-17(26)6-7-20(19)29-37(2,35)36;1-12-11-27-18(23-19(12)22)10-16(24-27)17-5-3-4-8-26(17)20(28)14-9-13(21)6-7-15(14)25-31(2,29)30;7-5-1-3-6-4-2-5;/h6-7,13-15,18,22,29,33H,3-5,8-12H2,1-2H3;6-7,9-11,17,25H,3-5,8H2,1-2H3;5-7H,1-4H2;1H4/t22-;17-;;/m00../s1. The molecule has 4 saturated heterocycles. The molecule has 2 atom stereocenters. The number of nitrogens with zero attached hydrogens (tertiary/aromatic N) is 9. The second-order valence-corrected chi connectivity index (χ2v) is 24.3. The number of anilines is 3. The van der Waals surface area contributed by atoms with Crippen LogP contribution in [0.4, 0.5) is 17.2 Å². The molecular formula is C51H67Cl3N12O8S2. The number of sulfonamides is 2. The van der Waals surface area contributed by atoms with E-state index in [4.69, 9.17) is 50.0 Å². The summed E-state index contributed by atoms with van der Waals surface area (Å²) in [7, 11) is -7.15. The Labute approximate surface area is 459 Å². The van der Waals surface area contributed by atoms with Crippen LogP contribution < -0.4 is 19.7 Å². The van der Waals surface area contributed by atoms with Gasteiger partial charge in [-0.1, -0.05) is 42.2 Å². The summed E-state index contributed by atoms with van der Waals surface area (Å²) in [6.07, 6.45) is 13.9. The summed E-state index contributed by atoms with van der Waals surface area (Å²) in [5, 5.41) is 32.4. The Morgan fingerprint density at radius 1 is 0.618 bits per heavy atom. The highest BCUT2D eigenvalue weighted by Crippen LogP contribution is 2.36. The molecule has 76 heavy (non-hydrogen) atoms. The molecule has 8 heterocycles. The lowest BCUT2D eigenvalue weighted by Crippen LogP contribution is -2.39. The molecule has 0 bridgehead atoms. The zero-order chi connectivity index (χ0) is 53.8. The number of aliphatic hydroxyl groups is 2. The van der Waals surface area contributed by atoms with Crippen LogP contribution in [-0.2, 0) is 20.0 Å². The molecule has 10 rings (SSSR count). The lowest BCUT2D eigenvalue weighted by atomic mass is 9.98. The van der Waals surface area contributed by atoms with Crippen molar-refractivity contribution in [3.8, 4) is 0 Å². The first-order chi connectivity index (χ1) is 35.6. The van der Waals surface area contributed by atoms with Crippen LogP contribution in [0.2, 0.25) is 15.2 Å². The Morgan fingerprint density at radius 2 is 1.07 bits per heavy atom. The summed E-state index contributed by atoms with van der Waals surface area (Å²) in [6, 6.07) is 12.3. The van der Waals surface area contributed by atoms with E-state index in [2.05, 4.69) is 29.7 Å². The second kappa shape index (κ2) is 25.0. The van der Waals surface area contributed by atoms with E-state index in [1.165, 1.54) is 24.3 Å². The van der Waals surface area contributed by atoms with E-state index in [1.54, 1.807) is 37.2 Å². The Balaban J connectivity index is 0.000000196. The monoisotopic (exact) mass is 1140 g/mol. The van der Waals surface area contributed by atoms with Gasteiger partial charge in [0.05, 0.1) is 70.7 Å². The molecule has 5 N–H and O–H groups in total. The normalized spacial score (nSPS) is 18.8. The summed E-state index contributed by atoms with van der Waals surface area (Å²) >= 11 is 18.5. The van der Waals surface area contributed by atoms with Gasteiger partial charge >= 0.3 is 0 Å². The van der Waals surface area contributed by atoms with Crippen molar-refractivity contribution in [1.29, 1.82) is 0 Å². The lowest BCUT2D eigenvalue weighted by Gasteiger charge is -2.35. The van der Waals surface area contributed by atoms with Crippen LogP contribution in [0, 0.1) is 13.8 Å². The molecule has 0 aliphatic carbocycles. The summed E-state index contributed by atoms with van der Waals surface area (Å²) in [5.41, 5.74) is 5.34. The number of carbonyl (C=O) groups excluding carboxylic acids is 2. The molecule has 0 spiro atoms. The van der Waals surface area contributed by atoms with Crippen LogP contribution in [0.15, 0.2) is 60.9 Å². The molecule has 6 aromatic rings. The van der Waals surface area contributed by atoms with E-state index < -0.39 is 20.0 Å². The number of hydrogen-bond donors (Lipinski definition) is 5. The van der Waals surface area contributed by atoms with Crippen molar-refractivity contribution in [2.45, 2.75) is 110 Å². The van der Waals surface area contributed by atoms with Crippen molar-refractivity contribution >= 4 is 95.2 Å². The molecule has 4 aromatic heterocycles. The SMILES string of the molecule is C.Cc1cn2nc([C@@H]3CCCCN3C(=O)c3cc(Cl)ccc3NS(C)(=O)=O)cc2nc1Cl.Cc1cn2nc([C@@H]3CCCCN3C(=O)c3cc(Cl)ccc3NS(C)(=O)=O)cc2nc1N1CCC(O)CC1.OC1CCNCC1. The van der Waals surface area contributed by atoms with Gasteiger partial charge in [0, 0.05) is 71.9 Å². The summed E-state index contributed by atoms with van der Waals surface area (Å²) in [5.74, 6) is 0.280. The largest absolute Gasteiger partial charge is 0.393 e. The minimum Gasteiger partial charge on any atom is -0.393 e. The zero-order valence-electron chi connectivity index (χ0n) is 42.2. The van der Waals surface area contributed by atoms with E-state index in [1.807, 2.05) is 32.2 Å². The van der Waals surface area contributed by atoms with Crippen molar-refractivity contribution < 1.29 is 36.6 Å². The number of aliphatic hydroxyl groups excluding tert-OH is 2. The third kappa shape index (κ3) is 14.6. The number of fused-ring (bicyclic) bond motifs is 2. The summed E-state index contributed by atoms with van der Waals surface area (Å²) in [4.78, 5) is 42.2. The number of halogens is 3. The predicted molar refractivity (Wildman–Crippen MR) is 298 cm³/mol. The quantitative estimate of drug-likeness (QED) is 0.0866. The number of aryl methyl sites for hydroxylation is 2. The Hall–Kier alpha value is -5.33. The maximum atomic E-state index is 13.8. The molecule has 4 aliphatic heterocycles. The van der Waals surface area contributed by atoms with Gasteiger partial charge in [-0.15, -0.1) is 0 Å². The zero-order valence-corrected chi connectivity index (χ0v) is 46.1. The predicted octanol–water partition coefficient (Wildman–Crippen LogP) is 7.84. The third-order valence-corrected chi connectivity index (χ3v) is 15.5. The maximum Gasteiger partial charge on any atom is 0.256 e. The second-order valence-electron chi connectivity index (χ2n) is 19.6. The molecule has 2 aromatic carbocycles. The van der Waals surface area contributed by atoms with Crippen molar-refractivity contribution in [2.24, 2.45) is 0 Å². The summed E-state index contributed by atoms with van der Waals surface area (Å²) in [6.45, 7) is 8.37. The number of hydrogen-bond acceptors (Lipinski definition) is 14. The van der Waals surface area contributed by atoms with E-state index >= 15 is 0 Å². The molecule has 412 valence electrons. The van der Waals surface area contributed by atoms with E-state index in [-0.39, 0.29) is 66.0 Å². The molecule has 25 heteroatoms. The van der Waals surface area contributed by atoms with Gasteiger partial charge in [-0.25, -0.2) is 35.8 Å². The van der Waals surface area contributed by atoms with Crippen LogP contribution in [0.25, 0.3) is 11.3 Å². The van der Waals surface area contributed by atoms with Crippen molar-refractivity contribution in [3.05, 3.63) is 110 Å². The fourth-order valence-electron chi connectivity index (χ4n) is 9.79. The van der Waals surface area contributed by atoms with Crippen LogP contribution in [0.5, 0.6) is 0 Å². The number of nitrogens with one attached hydrogen (secondary N) is 3. The average Bonchev–Trinajstić information content (AvgIpc) is 3.98. The number of carbonyl (C=O) groups is 2. The Kier molecular flexibility index (Phi) is 19.2.